The number of aliphatic hydroxyl groups is 1. The van der Waals surface area contributed by atoms with E-state index in [-0.39, 0.29) is 12.0 Å². The van der Waals surface area contributed by atoms with E-state index in [1.165, 1.54) is 11.1 Å². The highest BCUT2D eigenvalue weighted by atomic mass is 16.5. The molecular formula is C15H24O2. The van der Waals surface area contributed by atoms with Gasteiger partial charge < -0.3 is 9.84 Å². The van der Waals surface area contributed by atoms with E-state index < -0.39 is 0 Å². The van der Waals surface area contributed by atoms with Gasteiger partial charge in [-0.3, -0.25) is 0 Å². The van der Waals surface area contributed by atoms with E-state index in [2.05, 4.69) is 40.7 Å². The van der Waals surface area contributed by atoms with Crippen molar-refractivity contribution in [2.24, 2.45) is 23.2 Å². The Kier molecular flexibility index (Phi) is 3.11. The number of ether oxygens (including phenoxy) is 1. The van der Waals surface area contributed by atoms with Crippen LogP contribution < -0.4 is 0 Å². The van der Waals surface area contributed by atoms with Crippen LogP contribution >= 0.6 is 0 Å². The molecular weight excluding hydrogens is 212 g/mol. The fourth-order valence-corrected chi connectivity index (χ4v) is 3.59. The molecule has 1 heterocycles. The molecule has 2 bridgehead atoms. The van der Waals surface area contributed by atoms with Crippen molar-refractivity contribution in [1.82, 2.24) is 0 Å². The summed E-state index contributed by atoms with van der Waals surface area (Å²) in [6.07, 6.45) is 2.33. The second kappa shape index (κ2) is 4.16. The Labute approximate surface area is 104 Å². The molecule has 96 valence electrons. The maximum Gasteiger partial charge on any atom is 0.102 e. The normalized spacial score (nSPS) is 40.7. The summed E-state index contributed by atoms with van der Waals surface area (Å²) in [6.45, 7) is 11.7. The zero-order valence-corrected chi connectivity index (χ0v) is 11.6. The Hall–Kier alpha value is -0.760. The van der Waals surface area contributed by atoms with Crippen molar-refractivity contribution in [1.29, 1.82) is 0 Å². The largest absolute Gasteiger partial charge is 0.497 e. The molecule has 0 unspecified atom stereocenters. The topological polar surface area (TPSA) is 29.5 Å². The third-order valence-corrected chi connectivity index (χ3v) is 4.88. The number of fused-ring (bicyclic) bond motifs is 2. The lowest BCUT2D eigenvalue weighted by Crippen LogP contribution is -2.52. The molecule has 17 heavy (non-hydrogen) atoms. The zero-order valence-electron chi connectivity index (χ0n) is 11.6. The van der Waals surface area contributed by atoms with E-state index in [4.69, 9.17) is 4.74 Å². The van der Waals surface area contributed by atoms with E-state index >= 15 is 0 Å². The molecule has 1 aliphatic heterocycles. The summed E-state index contributed by atoms with van der Waals surface area (Å²) in [6, 6.07) is 0. The smallest absolute Gasteiger partial charge is 0.102 e. The molecule has 2 aliphatic rings. The second-order valence-corrected chi connectivity index (χ2v) is 6.01. The molecule has 0 aromatic rings. The van der Waals surface area contributed by atoms with Gasteiger partial charge in [0.25, 0.3) is 0 Å². The minimum absolute atomic E-state index is 0.0941. The van der Waals surface area contributed by atoms with Crippen LogP contribution in [0.1, 0.15) is 34.6 Å². The third kappa shape index (κ3) is 1.65. The van der Waals surface area contributed by atoms with Gasteiger partial charge in [0.1, 0.15) is 5.76 Å². The van der Waals surface area contributed by atoms with E-state index in [1.807, 2.05) is 0 Å². The van der Waals surface area contributed by atoms with Crippen LogP contribution in [-0.2, 0) is 4.74 Å². The van der Waals surface area contributed by atoms with Crippen LogP contribution in [0.25, 0.3) is 0 Å². The first-order valence-corrected chi connectivity index (χ1v) is 6.53. The van der Waals surface area contributed by atoms with Crippen LogP contribution in [0.15, 0.2) is 23.0 Å². The molecule has 0 spiro atoms. The van der Waals surface area contributed by atoms with Gasteiger partial charge in [-0.1, -0.05) is 25.5 Å². The molecule has 0 radical (unpaired) electrons. The van der Waals surface area contributed by atoms with E-state index in [1.54, 1.807) is 0 Å². The van der Waals surface area contributed by atoms with Gasteiger partial charge in [-0.25, -0.2) is 0 Å². The lowest BCUT2D eigenvalue weighted by atomic mass is 9.57. The number of rotatable bonds is 1. The maximum absolute atomic E-state index is 9.82. The van der Waals surface area contributed by atoms with Gasteiger partial charge in [0.05, 0.1) is 13.2 Å². The highest BCUT2D eigenvalue weighted by Gasteiger charge is 2.52. The monoisotopic (exact) mass is 236 g/mol. The molecule has 2 nitrogen and oxygen atoms in total. The van der Waals surface area contributed by atoms with Gasteiger partial charge in [-0.05, 0) is 38.2 Å². The fraction of sp³-hybridized carbons (Fsp3) is 0.733. The van der Waals surface area contributed by atoms with Gasteiger partial charge in [-0.2, -0.15) is 0 Å². The molecule has 1 fully saturated rings. The highest BCUT2D eigenvalue weighted by Crippen LogP contribution is 2.53. The molecule has 1 saturated heterocycles. The van der Waals surface area contributed by atoms with Crippen molar-refractivity contribution < 1.29 is 9.84 Å². The molecule has 0 saturated carbocycles. The highest BCUT2D eigenvalue weighted by molar-refractivity contribution is 5.29. The van der Waals surface area contributed by atoms with Crippen LogP contribution in [0.5, 0.6) is 0 Å². The van der Waals surface area contributed by atoms with Crippen LogP contribution in [0, 0.1) is 23.2 Å². The summed E-state index contributed by atoms with van der Waals surface area (Å²) >= 11 is 0. The molecule has 1 aliphatic carbocycles. The van der Waals surface area contributed by atoms with Gasteiger partial charge in [-0.15, -0.1) is 0 Å². The lowest BCUT2D eigenvalue weighted by molar-refractivity contribution is -0.0933. The molecule has 0 aromatic carbocycles. The average Bonchev–Trinajstić information content (AvgIpc) is 2.26. The summed E-state index contributed by atoms with van der Waals surface area (Å²) in [7, 11) is 0. The fourth-order valence-electron chi connectivity index (χ4n) is 3.59. The Bertz CT molecular complexity index is 376. The van der Waals surface area contributed by atoms with Crippen LogP contribution in [0.3, 0.4) is 0 Å². The Morgan fingerprint density at radius 2 is 2.12 bits per heavy atom. The molecule has 2 rings (SSSR count). The zero-order chi connectivity index (χ0) is 12.8. The van der Waals surface area contributed by atoms with Crippen LogP contribution in [-0.4, -0.2) is 18.3 Å². The lowest BCUT2D eigenvalue weighted by Gasteiger charge is -2.53. The SMILES string of the molecule is CC1=C[C@@H](C)[C@@]2(CO)COC(=C(C)C)[C@H]1[C@H]2C. The number of aliphatic hydroxyl groups excluding tert-OH is 1. The molecule has 1 N–H and O–H groups in total. The summed E-state index contributed by atoms with van der Waals surface area (Å²) in [5.41, 5.74) is 2.56. The van der Waals surface area contributed by atoms with Gasteiger partial charge >= 0.3 is 0 Å². The molecule has 4 atom stereocenters. The van der Waals surface area contributed by atoms with Gasteiger partial charge in [0, 0.05) is 11.3 Å². The van der Waals surface area contributed by atoms with E-state index in [9.17, 15) is 5.11 Å². The molecule has 2 heteroatoms. The first-order valence-electron chi connectivity index (χ1n) is 6.53. The minimum atomic E-state index is -0.0941. The Morgan fingerprint density at radius 1 is 1.47 bits per heavy atom. The summed E-state index contributed by atoms with van der Waals surface area (Å²) in [4.78, 5) is 0. The number of hydrogen-bond acceptors (Lipinski definition) is 2. The Morgan fingerprint density at radius 3 is 2.65 bits per heavy atom. The standard InChI is InChI=1S/C15H24O2/c1-9(2)14-13-10(3)6-11(4)15(7-16,8-17-14)12(13)5/h6,11-13,16H,7-8H2,1-5H3/t11-,12-,13-,15-/m1/s1. The van der Waals surface area contributed by atoms with Gasteiger partial charge in [0.2, 0.25) is 0 Å². The summed E-state index contributed by atoms with van der Waals surface area (Å²) < 4.78 is 5.99. The maximum atomic E-state index is 9.82. The first-order chi connectivity index (χ1) is 7.94. The van der Waals surface area contributed by atoms with Crippen molar-refractivity contribution in [2.75, 3.05) is 13.2 Å². The van der Waals surface area contributed by atoms with Gasteiger partial charge in [0.15, 0.2) is 0 Å². The second-order valence-electron chi connectivity index (χ2n) is 6.01. The number of hydrogen-bond donors (Lipinski definition) is 1. The predicted octanol–water partition coefficient (Wildman–Crippen LogP) is 3.14. The first kappa shape index (κ1) is 12.7. The van der Waals surface area contributed by atoms with E-state index in [0.717, 1.165) is 5.76 Å². The van der Waals surface area contributed by atoms with Crippen LogP contribution in [0.4, 0.5) is 0 Å². The van der Waals surface area contributed by atoms with Crippen molar-refractivity contribution in [3.63, 3.8) is 0 Å². The molecule has 0 aromatic heterocycles. The van der Waals surface area contributed by atoms with Crippen LogP contribution in [0.2, 0.25) is 0 Å². The predicted molar refractivity (Wildman–Crippen MR) is 69.4 cm³/mol. The number of allylic oxidation sites excluding steroid dienone is 3. The average molecular weight is 236 g/mol. The van der Waals surface area contributed by atoms with Crippen molar-refractivity contribution >= 4 is 0 Å². The van der Waals surface area contributed by atoms with E-state index in [0.29, 0.717) is 24.4 Å². The Balaban J connectivity index is 2.52. The molecule has 0 amide bonds. The van der Waals surface area contributed by atoms with Crippen molar-refractivity contribution in [3.8, 4) is 0 Å². The van der Waals surface area contributed by atoms with Crippen molar-refractivity contribution in [2.45, 2.75) is 34.6 Å². The minimum Gasteiger partial charge on any atom is -0.497 e. The van der Waals surface area contributed by atoms with Crippen molar-refractivity contribution in [3.05, 3.63) is 23.0 Å². The quantitative estimate of drug-likeness (QED) is 0.709. The third-order valence-electron chi connectivity index (χ3n) is 4.88. The summed E-state index contributed by atoms with van der Waals surface area (Å²) in [5.74, 6) is 2.32. The summed E-state index contributed by atoms with van der Waals surface area (Å²) in [5, 5.41) is 9.82.